The van der Waals surface area contributed by atoms with Gasteiger partial charge in [-0.2, -0.15) is 5.06 Å². The minimum Gasteiger partial charge on any atom is -0.424 e. The maximum atomic E-state index is 14.1. The number of carbonyl (C=O) groups is 1. The molecule has 0 aromatic heterocycles. The molecule has 1 aromatic carbocycles. The highest BCUT2D eigenvalue weighted by Crippen LogP contribution is 2.60. The number of carbonyl (C=O) groups excluding carboxylic acids is 1. The number of esters is 1. The Labute approximate surface area is 232 Å². The summed E-state index contributed by atoms with van der Waals surface area (Å²) in [6.07, 6.45) is 0.509. The molecule has 1 rings (SSSR count). The van der Waals surface area contributed by atoms with Crippen molar-refractivity contribution in [2.45, 2.75) is 133 Å². The average molecular weight is 556 g/mol. The number of aryl methyl sites for hydroxylation is 2. The molecule has 0 N–H and O–H groups in total. The van der Waals surface area contributed by atoms with Crippen molar-refractivity contribution in [3.8, 4) is 5.75 Å². The third-order valence-corrected chi connectivity index (χ3v) is 9.07. The van der Waals surface area contributed by atoms with E-state index >= 15 is 0 Å². The van der Waals surface area contributed by atoms with E-state index in [-0.39, 0.29) is 18.6 Å². The molecule has 0 heterocycles. The van der Waals surface area contributed by atoms with E-state index in [1.54, 1.807) is 25.8 Å². The lowest BCUT2D eigenvalue weighted by molar-refractivity contribution is -0.261. The smallest absolute Gasteiger partial charge is 0.350 e. The zero-order chi connectivity index (χ0) is 29.7. The second-order valence-corrected chi connectivity index (χ2v) is 14.9. The van der Waals surface area contributed by atoms with Crippen molar-refractivity contribution in [1.29, 1.82) is 0 Å². The Morgan fingerprint density at radius 3 is 1.63 bits per heavy atom. The topological polar surface area (TPSA) is 74.3 Å². The largest absolute Gasteiger partial charge is 0.424 e. The number of nitrogens with zero attached hydrogens (tertiary/aromatic N) is 1. The number of ether oxygens (including phenoxy) is 1. The molecular formula is C30H54NO6P. The molecule has 0 fully saturated rings. The van der Waals surface area contributed by atoms with Crippen molar-refractivity contribution in [3.63, 3.8) is 0 Å². The van der Waals surface area contributed by atoms with Gasteiger partial charge >= 0.3 is 13.6 Å². The number of hydrogen-bond acceptors (Lipinski definition) is 7. The Kier molecular flexibility index (Phi) is 12.3. The van der Waals surface area contributed by atoms with Crippen LogP contribution in [0.25, 0.3) is 0 Å². The lowest BCUT2D eigenvalue weighted by Gasteiger charge is -2.47. The van der Waals surface area contributed by atoms with E-state index in [0.29, 0.717) is 5.75 Å². The lowest BCUT2D eigenvalue weighted by atomic mass is 9.84. The zero-order valence-corrected chi connectivity index (χ0v) is 27.4. The summed E-state index contributed by atoms with van der Waals surface area (Å²) in [5.74, 6) is -0.677. The predicted molar refractivity (Wildman–Crippen MR) is 156 cm³/mol. The fourth-order valence-electron chi connectivity index (χ4n) is 4.32. The highest BCUT2D eigenvalue weighted by atomic mass is 31.2. The molecule has 7 nitrogen and oxygen atoms in total. The normalized spacial score (nSPS) is 15.0. The van der Waals surface area contributed by atoms with Crippen LogP contribution in [0.5, 0.6) is 5.75 Å². The molecule has 38 heavy (non-hydrogen) atoms. The standard InChI is InChI=1S/C30H54NO6P/c1-15-22-19-24(28(6,7)8)20-23(16-2)25(22)36-26(32)21(5)37-31(30(12,13)14)27(29(9,10)11)38(33,34-17-3)35-18-4/h19-21,27H,15-18H2,1-14H3. The molecule has 0 aliphatic carbocycles. The van der Waals surface area contributed by atoms with Crippen molar-refractivity contribution in [3.05, 3.63) is 28.8 Å². The molecule has 0 radical (unpaired) electrons. The van der Waals surface area contributed by atoms with Crippen molar-refractivity contribution in [2.24, 2.45) is 5.41 Å². The fourth-order valence-corrected chi connectivity index (χ4v) is 7.00. The van der Waals surface area contributed by atoms with E-state index in [1.807, 2.05) is 41.5 Å². The highest BCUT2D eigenvalue weighted by molar-refractivity contribution is 7.54. The van der Waals surface area contributed by atoms with Crippen LogP contribution in [0.15, 0.2) is 12.1 Å². The van der Waals surface area contributed by atoms with Gasteiger partial charge in [0.25, 0.3) is 0 Å². The van der Waals surface area contributed by atoms with Crippen LogP contribution in [0.1, 0.15) is 114 Å². The molecular weight excluding hydrogens is 501 g/mol. The van der Waals surface area contributed by atoms with E-state index in [0.717, 1.165) is 24.0 Å². The molecule has 8 heteroatoms. The summed E-state index contributed by atoms with van der Waals surface area (Å²) >= 11 is 0. The summed E-state index contributed by atoms with van der Waals surface area (Å²) in [5, 5.41) is 1.62. The van der Waals surface area contributed by atoms with Gasteiger partial charge in [-0.05, 0) is 81.9 Å². The van der Waals surface area contributed by atoms with Gasteiger partial charge in [-0.3, -0.25) is 9.40 Å². The summed E-state index contributed by atoms with van der Waals surface area (Å²) in [5.41, 5.74) is 1.99. The maximum absolute atomic E-state index is 14.1. The van der Waals surface area contributed by atoms with Crippen molar-refractivity contribution in [1.82, 2.24) is 5.06 Å². The maximum Gasteiger partial charge on any atom is 0.350 e. The Balaban J connectivity index is 3.47. The Hall–Kier alpha value is -1.24. The van der Waals surface area contributed by atoms with Crippen LogP contribution in [0.2, 0.25) is 0 Å². The molecule has 0 aliphatic heterocycles. The highest BCUT2D eigenvalue weighted by Gasteiger charge is 2.52. The monoisotopic (exact) mass is 555 g/mol. The Morgan fingerprint density at radius 1 is 0.868 bits per heavy atom. The summed E-state index contributed by atoms with van der Waals surface area (Å²) in [7, 11) is -3.65. The van der Waals surface area contributed by atoms with E-state index in [2.05, 4.69) is 46.8 Å². The molecule has 0 aliphatic rings. The molecule has 0 saturated carbocycles. The second-order valence-electron chi connectivity index (χ2n) is 12.9. The number of benzene rings is 1. The van der Waals surface area contributed by atoms with Crippen molar-refractivity contribution in [2.75, 3.05) is 13.2 Å². The summed E-state index contributed by atoms with van der Waals surface area (Å²) < 4.78 is 31.6. The molecule has 220 valence electrons. The van der Waals surface area contributed by atoms with Gasteiger partial charge in [0.15, 0.2) is 6.10 Å². The lowest BCUT2D eigenvalue weighted by Crippen LogP contribution is -2.55. The van der Waals surface area contributed by atoms with E-state index in [9.17, 15) is 9.36 Å². The van der Waals surface area contributed by atoms with Crippen LogP contribution in [0.3, 0.4) is 0 Å². The minimum atomic E-state index is -3.65. The van der Waals surface area contributed by atoms with Crippen LogP contribution in [-0.4, -0.2) is 41.7 Å². The van der Waals surface area contributed by atoms with Crippen molar-refractivity contribution >= 4 is 13.6 Å². The molecule has 1 aromatic rings. The van der Waals surface area contributed by atoms with Gasteiger partial charge in [0.05, 0.1) is 13.2 Å². The molecule has 0 spiro atoms. The quantitative estimate of drug-likeness (QED) is 0.112. The number of hydroxylamine groups is 2. The van der Waals surface area contributed by atoms with Gasteiger partial charge in [0, 0.05) is 5.54 Å². The van der Waals surface area contributed by atoms with Gasteiger partial charge in [0.2, 0.25) is 0 Å². The Morgan fingerprint density at radius 2 is 1.32 bits per heavy atom. The van der Waals surface area contributed by atoms with Crippen LogP contribution in [0.4, 0.5) is 0 Å². The van der Waals surface area contributed by atoms with Gasteiger partial charge in [-0.25, -0.2) is 4.79 Å². The van der Waals surface area contributed by atoms with Crippen LogP contribution in [0, 0.1) is 5.41 Å². The van der Waals surface area contributed by atoms with E-state index < -0.39 is 36.4 Å². The summed E-state index contributed by atoms with van der Waals surface area (Å²) in [4.78, 5) is 19.8. The molecule has 2 unspecified atom stereocenters. The minimum absolute atomic E-state index is 0.0168. The molecule has 2 atom stereocenters. The van der Waals surface area contributed by atoms with Crippen LogP contribution in [-0.2, 0) is 41.5 Å². The first-order valence-electron chi connectivity index (χ1n) is 14.0. The first-order chi connectivity index (χ1) is 17.3. The second kappa shape index (κ2) is 13.4. The van der Waals surface area contributed by atoms with Gasteiger partial charge in [-0.1, -0.05) is 67.5 Å². The van der Waals surface area contributed by atoms with Crippen molar-refractivity contribution < 1.29 is 28.0 Å². The Bertz CT molecular complexity index is 935. The van der Waals surface area contributed by atoms with Crippen LogP contribution >= 0.6 is 7.60 Å². The van der Waals surface area contributed by atoms with Gasteiger partial charge in [-0.15, -0.1) is 0 Å². The third kappa shape index (κ3) is 8.89. The first kappa shape index (κ1) is 34.8. The SMILES string of the molecule is CCOP(=O)(OCC)C(N(OC(C)C(=O)Oc1c(CC)cc(C(C)(C)C)cc1CC)C(C)(C)C)C(C)(C)C. The summed E-state index contributed by atoms with van der Waals surface area (Å²) in [6, 6.07) is 4.26. The van der Waals surface area contributed by atoms with Gasteiger partial charge in [0.1, 0.15) is 11.5 Å². The molecule has 0 amide bonds. The predicted octanol–water partition coefficient (Wildman–Crippen LogP) is 8.07. The molecule has 0 saturated heterocycles. The number of hydrogen-bond donors (Lipinski definition) is 0. The zero-order valence-electron chi connectivity index (χ0n) is 26.5. The van der Waals surface area contributed by atoms with Gasteiger partial charge < -0.3 is 13.8 Å². The average Bonchev–Trinajstić information content (AvgIpc) is 2.76. The molecule has 0 bridgehead atoms. The fraction of sp³-hybridized carbons (Fsp3) is 0.767. The first-order valence-corrected chi connectivity index (χ1v) is 15.6. The van der Waals surface area contributed by atoms with Crippen LogP contribution < -0.4 is 4.74 Å². The van der Waals surface area contributed by atoms with E-state index in [1.165, 1.54) is 5.56 Å². The summed E-state index contributed by atoms with van der Waals surface area (Å²) in [6.45, 7) is 28.1. The third-order valence-electron chi connectivity index (χ3n) is 6.25. The van der Waals surface area contributed by atoms with E-state index in [4.69, 9.17) is 18.6 Å². The number of rotatable bonds is 12.